The van der Waals surface area contributed by atoms with Gasteiger partial charge in [-0.25, -0.2) is 4.79 Å². The molecule has 0 fully saturated rings. The maximum absolute atomic E-state index is 11.6. The Morgan fingerprint density at radius 3 is 3.07 bits per heavy atom. The first kappa shape index (κ1) is 8.96. The van der Waals surface area contributed by atoms with Crippen molar-refractivity contribution >= 4 is 5.65 Å². The molecule has 0 saturated carbocycles. The number of ether oxygens (including phenoxy) is 1. The number of hydrogen-bond acceptors (Lipinski definition) is 3. The summed E-state index contributed by atoms with van der Waals surface area (Å²) in [6, 6.07) is 5.41. The molecule has 0 amide bonds. The second-order valence-corrected chi connectivity index (χ2v) is 2.83. The molecule has 2 rings (SSSR count). The maximum Gasteiger partial charge on any atom is 0.352 e. The highest BCUT2D eigenvalue weighted by Crippen LogP contribution is 1.94. The van der Waals surface area contributed by atoms with Gasteiger partial charge in [0.05, 0.1) is 0 Å². The quantitative estimate of drug-likeness (QED) is 0.712. The zero-order valence-electron chi connectivity index (χ0n) is 7.88. The van der Waals surface area contributed by atoms with E-state index < -0.39 is 0 Å². The summed E-state index contributed by atoms with van der Waals surface area (Å²) in [6.45, 7) is 2.65. The minimum atomic E-state index is -0.172. The SMILES string of the molecule is CCOCn1nc2ccccn2c1=O. The fourth-order valence-electron chi connectivity index (χ4n) is 1.23. The molecule has 74 valence electrons. The second kappa shape index (κ2) is 3.63. The van der Waals surface area contributed by atoms with Gasteiger partial charge in [-0.05, 0) is 19.1 Å². The van der Waals surface area contributed by atoms with Gasteiger partial charge in [-0.3, -0.25) is 4.40 Å². The van der Waals surface area contributed by atoms with E-state index in [9.17, 15) is 4.79 Å². The number of rotatable bonds is 3. The van der Waals surface area contributed by atoms with Crippen molar-refractivity contribution in [2.75, 3.05) is 6.61 Å². The monoisotopic (exact) mass is 193 g/mol. The molecule has 0 saturated heterocycles. The van der Waals surface area contributed by atoms with Crippen LogP contribution in [0.1, 0.15) is 6.92 Å². The lowest BCUT2D eigenvalue weighted by molar-refractivity contribution is 0.0767. The third kappa shape index (κ3) is 1.42. The molecule has 0 aliphatic rings. The van der Waals surface area contributed by atoms with Gasteiger partial charge in [0.15, 0.2) is 5.65 Å². The third-order valence-corrected chi connectivity index (χ3v) is 1.91. The summed E-state index contributed by atoms with van der Waals surface area (Å²) in [7, 11) is 0. The van der Waals surface area contributed by atoms with Crippen LogP contribution in [0.2, 0.25) is 0 Å². The Labute approximate surface area is 80.5 Å². The first-order valence-electron chi connectivity index (χ1n) is 4.45. The lowest BCUT2D eigenvalue weighted by Gasteiger charge is -1.96. The standard InChI is InChI=1S/C9H11N3O2/c1-2-14-7-12-9(13)11-6-4-3-5-8(11)10-12/h3-6H,2,7H2,1H3. The van der Waals surface area contributed by atoms with Gasteiger partial charge in [0.25, 0.3) is 0 Å². The first-order chi connectivity index (χ1) is 6.83. The van der Waals surface area contributed by atoms with E-state index in [0.717, 1.165) is 0 Å². The van der Waals surface area contributed by atoms with Crippen LogP contribution in [-0.4, -0.2) is 20.8 Å². The minimum absolute atomic E-state index is 0.172. The van der Waals surface area contributed by atoms with Gasteiger partial charge in [0.1, 0.15) is 6.73 Å². The maximum atomic E-state index is 11.6. The molecule has 5 nitrogen and oxygen atoms in total. The summed E-state index contributed by atoms with van der Waals surface area (Å²) in [6.07, 6.45) is 1.69. The third-order valence-electron chi connectivity index (χ3n) is 1.91. The van der Waals surface area contributed by atoms with Crippen molar-refractivity contribution in [2.24, 2.45) is 0 Å². The van der Waals surface area contributed by atoms with E-state index in [2.05, 4.69) is 5.10 Å². The fraction of sp³-hybridized carbons (Fsp3) is 0.333. The summed E-state index contributed by atoms with van der Waals surface area (Å²) in [5.74, 6) is 0. The minimum Gasteiger partial charge on any atom is -0.359 e. The predicted molar refractivity (Wildman–Crippen MR) is 51.1 cm³/mol. The van der Waals surface area contributed by atoms with E-state index in [4.69, 9.17) is 4.74 Å². The molecule has 0 radical (unpaired) electrons. The van der Waals surface area contributed by atoms with Crippen LogP contribution in [0, 0.1) is 0 Å². The van der Waals surface area contributed by atoms with Crippen molar-refractivity contribution in [3.63, 3.8) is 0 Å². The molecule has 0 bridgehead atoms. The summed E-state index contributed by atoms with van der Waals surface area (Å²) < 4.78 is 7.91. The van der Waals surface area contributed by atoms with Crippen LogP contribution in [0.5, 0.6) is 0 Å². The van der Waals surface area contributed by atoms with Crippen LogP contribution in [0.25, 0.3) is 5.65 Å². The van der Waals surface area contributed by atoms with Crippen molar-refractivity contribution in [1.29, 1.82) is 0 Å². The van der Waals surface area contributed by atoms with E-state index >= 15 is 0 Å². The van der Waals surface area contributed by atoms with E-state index in [1.165, 1.54) is 9.08 Å². The van der Waals surface area contributed by atoms with Crippen molar-refractivity contribution in [2.45, 2.75) is 13.7 Å². The van der Waals surface area contributed by atoms with Gasteiger partial charge in [-0.15, -0.1) is 5.10 Å². The molecule has 0 aliphatic carbocycles. The van der Waals surface area contributed by atoms with Crippen molar-refractivity contribution in [3.8, 4) is 0 Å². The molecule has 0 atom stereocenters. The Morgan fingerprint density at radius 1 is 1.50 bits per heavy atom. The van der Waals surface area contributed by atoms with Crippen molar-refractivity contribution < 1.29 is 4.74 Å². The van der Waals surface area contributed by atoms with Crippen molar-refractivity contribution in [1.82, 2.24) is 14.2 Å². The smallest absolute Gasteiger partial charge is 0.352 e. The molecule has 0 aromatic carbocycles. The largest absolute Gasteiger partial charge is 0.359 e. The average molecular weight is 193 g/mol. The zero-order chi connectivity index (χ0) is 9.97. The van der Waals surface area contributed by atoms with Gasteiger partial charge < -0.3 is 4.74 Å². The summed E-state index contributed by atoms with van der Waals surface area (Å²) >= 11 is 0. The zero-order valence-corrected chi connectivity index (χ0v) is 7.88. The highest BCUT2D eigenvalue weighted by atomic mass is 16.5. The van der Waals surface area contributed by atoms with Crippen LogP contribution in [-0.2, 0) is 11.5 Å². The van der Waals surface area contributed by atoms with Crippen LogP contribution >= 0.6 is 0 Å². The number of aromatic nitrogens is 3. The lowest BCUT2D eigenvalue weighted by Crippen LogP contribution is -2.22. The molecular formula is C9H11N3O2. The predicted octanol–water partition coefficient (Wildman–Crippen LogP) is 0.490. The normalized spacial score (nSPS) is 10.9. The Morgan fingerprint density at radius 2 is 2.36 bits per heavy atom. The molecule has 14 heavy (non-hydrogen) atoms. The molecule has 2 heterocycles. The average Bonchev–Trinajstić information content (AvgIpc) is 2.54. The Bertz CT molecular complexity index is 486. The van der Waals surface area contributed by atoms with Gasteiger partial charge in [0, 0.05) is 12.8 Å². The summed E-state index contributed by atoms with van der Waals surface area (Å²) in [4.78, 5) is 11.6. The Kier molecular flexibility index (Phi) is 2.32. The number of fused-ring (bicyclic) bond motifs is 1. The summed E-state index contributed by atoms with van der Waals surface area (Å²) in [5, 5.41) is 4.09. The van der Waals surface area contributed by atoms with Crippen LogP contribution in [0.4, 0.5) is 0 Å². The van der Waals surface area contributed by atoms with E-state index in [0.29, 0.717) is 12.3 Å². The molecule has 2 aromatic heterocycles. The molecule has 0 aliphatic heterocycles. The van der Waals surface area contributed by atoms with Crippen LogP contribution in [0.15, 0.2) is 29.2 Å². The van der Waals surface area contributed by atoms with Gasteiger partial charge in [-0.2, -0.15) is 4.68 Å². The molecule has 0 spiro atoms. The molecule has 5 heteroatoms. The van der Waals surface area contributed by atoms with E-state index in [1.807, 2.05) is 13.0 Å². The van der Waals surface area contributed by atoms with Crippen LogP contribution in [0.3, 0.4) is 0 Å². The second-order valence-electron chi connectivity index (χ2n) is 2.83. The van der Waals surface area contributed by atoms with E-state index in [1.54, 1.807) is 18.3 Å². The number of pyridine rings is 1. The highest BCUT2D eigenvalue weighted by molar-refractivity contribution is 5.35. The van der Waals surface area contributed by atoms with Crippen LogP contribution < -0.4 is 5.69 Å². The number of hydrogen-bond donors (Lipinski definition) is 0. The number of nitrogens with zero attached hydrogens (tertiary/aromatic N) is 3. The molecular weight excluding hydrogens is 182 g/mol. The molecule has 0 unspecified atom stereocenters. The fourth-order valence-corrected chi connectivity index (χ4v) is 1.23. The highest BCUT2D eigenvalue weighted by Gasteiger charge is 2.04. The van der Waals surface area contributed by atoms with Crippen molar-refractivity contribution in [3.05, 3.63) is 34.9 Å². The summed E-state index contributed by atoms with van der Waals surface area (Å²) in [5.41, 5.74) is 0.464. The lowest BCUT2D eigenvalue weighted by atomic mass is 10.5. The van der Waals surface area contributed by atoms with E-state index in [-0.39, 0.29) is 12.4 Å². The van der Waals surface area contributed by atoms with Gasteiger partial charge >= 0.3 is 5.69 Å². The van der Waals surface area contributed by atoms with Gasteiger partial charge in [0.2, 0.25) is 0 Å². The van der Waals surface area contributed by atoms with Gasteiger partial charge in [-0.1, -0.05) is 6.07 Å². The molecule has 2 aromatic rings. The Hall–Kier alpha value is -1.62. The first-order valence-corrected chi connectivity index (χ1v) is 4.45. The topological polar surface area (TPSA) is 48.5 Å². The Balaban J connectivity index is 2.47. The molecule has 0 N–H and O–H groups in total.